The SMILES string of the molecule is C=C(C)C(=O)CCCCN(Cc1c(F)cc(F)cc1B(O)O)Cc1c2ccccc2c(CN(CCCNC(=O)C(=C)C)Cc2ccc(F)cc2B(O)O)c2ccc(-c3ccc(C)c(C4=c5cc/c(=C\C)cc5[Si](C)(C)c5cc(NC)ccc54)c3)cc12. The third kappa shape index (κ3) is 13.6. The molecular formula is C70H75B2F3N4O6Si. The summed E-state index contributed by atoms with van der Waals surface area (Å²) >= 11 is 0. The minimum absolute atomic E-state index is 0.0346. The highest BCUT2D eigenvalue weighted by Crippen LogP contribution is 2.39. The van der Waals surface area contributed by atoms with Gasteiger partial charge in [-0.3, -0.25) is 19.4 Å². The molecule has 0 aromatic heterocycles. The number of Topliss-reactive ketones (excluding diaryl/α,β-unsaturated/α-hetero) is 1. The second kappa shape index (κ2) is 26.9. The highest BCUT2D eigenvalue weighted by Gasteiger charge is 2.36. The molecule has 442 valence electrons. The first-order valence-corrected chi connectivity index (χ1v) is 32.3. The summed E-state index contributed by atoms with van der Waals surface area (Å²) in [4.78, 5) is 29.6. The molecule has 1 heterocycles. The molecule has 10 nitrogen and oxygen atoms in total. The van der Waals surface area contributed by atoms with Gasteiger partial charge in [0.15, 0.2) is 5.78 Å². The molecule has 16 heteroatoms. The Labute approximate surface area is 504 Å². The number of amides is 1. The van der Waals surface area contributed by atoms with E-state index in [0.29, 0.717) is 62.2 Å². The van der Waals surface area contributed by atoms with Crippen LogP contribution in [-0.2, 0) is 35.8 Å². The van der Waals surface area contributed by atoms with Gasteiger partial charge in [-0.15, -0.1) is 0 Å². The summed E-state index contributed by atoms with van der Waals surface area (Å²) in [6.45, 7) is 21.7. The monoisotopic (exact) mass is 1170 g/mol. The van der Waals surface area contributed by atoms with Crippen LogP contribution in [-0.4, -0.2) is 90.6 Å². The van der Waals surface area contributed by atoms with Crippen LogP contribution in [0.25, 0.3) is 44.3 Å². The van der Waals surface area contributed by atoms with E-state index in [1.807, 2.05) is 30.1 Å². The van der Waals surface area contributed by atoms with Crippen molar-refractivity contribution >= 4 is 94.2 Å². The van der Waals surface area contributed by atoms with Crippen molar-refractivity contribution in [2.24, 2.45) is 0 Å². The number of nitrogens with one attached hydrogen (secondary N) is 2. The zero-order valence-electron chi connectivity index (χ0n) is 50.2. The van der Waals surface area contributed by atoms with Crippen molar-refractivity contribution in [2.75, 3.05) is 32.0 Å². The molecule has 1 aliphatic heterocycles. The number of allylic oxidation sites excluding steroid dienone is 1. The first-order chi connectivity index (χ1) is 41.1. The normalized spacial score (nSPS) is 12.9. The lowest BCUT2D eigenvalue weighted by atomic mass is 9.76. The molecule has 0 saturated carbocycles. The topological polar surface area (TPSA) is 146 Å². The average molecular weight is 1180 g/mol. The summed E-state index contributed by atoms with van der Waals surface area (Å²) in [5.74, 6) is -2.81. The Bertz CT molecular complexity index is 4100. The maximum absolute atomic E-state index is 16.1. The van der Waals surface area contributed by atoms with E-state index < -0.39 is 39.8 Å². The predicted octanol–water partition coefficient (Wildman–Crippen LogP) is 8.37. The van der Waals surface area contributed by atoms with E-state index in [0.717, 1.165) is 78.8 Å². The summed E-state index contributed by atoms with van der Waals surface area (Å²) < 4.78 is 45.7. The number of ketones is 1. The molecule has 1 amide bonds. The summed E-state index contributed by atoms with van der Waals surface area (Å²) in [6.07, 6.45) is 3.93. The molecule has 9 rings (SSSR count). The van der Waals surface area contributed by atoms with Gasteiger partial charge in [-0.2, -0.15) is 0 Å². The van der Waals surface area contributed by atoms with Crippen LogP contribution in [0, 0.1) is 24.4 Å². The van der Waals surface area contributed by atoms with Gasteiger partial charge in [0.1, 0.15) is 25.5 Å². The summed E-state index contributed by atoms with van der Waals surface area (Å²) in [5.41, 5.74) is 10.4. The Morgan fingerprint density at radius 3 is 1.94 bits per heavy atom. The number of aryl methyl sites for hydroxylation is 1. The van der Waals surface area contributed by atoms with Crippen LogP contribution in [0.2, 0.25) is 13.1 Å². The van der Waals surface area contributed by atoms with Crippen LogP contribution in [0.1, 0.15) is 85.4 Å². The lowest BCUT2D eigenvalue weighted by Crippen LogP contribution is -2.63. The van der Waals surface area contributed by atoms with Gasteiger partial charge in [0, 0.05) is 75.6 Å². The molecule has 0 saturated heterocycles. The number of carbonyl (C=O) groups excluding carboxylic acids is 2. The zero-order valence-corrected chi connectivity index (χ0v) is 51.2. The first kappa shape index (κ1) is 62.9. The van der Waals surface area contributed by atoms with Crippen molar-refractivity contribution in [3.05, 3.63) is 219 Å². The molecule has 0 radical (unpaired) electrons. The molecule has 0 bridgehead atoms. The van der Waals surface area contributed by atoms with Gasteiger partial charge in [0.25, 0.3) is 0 Å². The molecule has 0 aliphatic carbocycles. The van der Waals surface area contributed by atoms with E-state index in [1.54, 1.807) is 19.9 Å². The van der Waals surface area contributed by atoms with E-state index >= 15 is 4.39 Å². The van der Waals surface area contributed by atoms with Crippen molar-refractivity contribution in [1.29, 1.82) is 0 Å². The molecule has 0 atom stereocenters. The maximum Gasteiger partial charge on any atom is 0.488 e. The Kier molecular flexibility index (Phi) is 19.7. The van der Waals surface area contributed by atoms with Crippen LogP contribution in [0.15, 0.2) is 152 Å². The van der Waals surface area contributed by atoms with Crippen LogP contribution in [0.4, 0.5) is 18.9 Å². The van der Waals surface area contributed by atoms with Crippen molar-refractivity contribution in [3.63, 3.8) is 0 Å². The molecule has 86 heavy (non-hydrogen) atoms. The Morgan fingerprint density at radius 1 is 0.628 bits per heavy atom. The number of hydrogen-bond donors (Lipinski definition) is 6. The molecular weight excluding hydrogens is 1100 g/mol. The second-order valence-corrected chi connectivity index (χ2v) is 27.7. The number of anilines is 1. The van der Waals surface area contributed by atoms with Gasteiger partial charge in [-0.05, 0) is 205 Å². The predicted molar refractivity (Wildman–Crippen MR) is 349 cm³/mol. The lowest BCUT2D eigenvalue weighted by Gasteiger charge is -2.34. The number of unbranched alkanes of at least 4 members (excludes halogenated alkanes) is 1. The quantitative estimate of drug-likeness (QED) is 0.0152. The summed E-state index contributed by atoms with van der Waals surface area (Å²) in [7, 11) is -4.38. The van der Waals surface area contributed by atoms with Gasteiger partial charge < -0.3 is 30.7 Å². The van der Waals surface area contributed by atoms with E-state index in [9.17, 15) is 38.5 Å². The fourth-order valence-electron chi connectivity index (χ4n) is 12.2. The number of rotatable bonds is 24. The van der Waals surface area contributed by atoms with E-state index in [1.165, 1.54) is 38.0 Å². The number of hydrogen-bond acceptors (Lipinski definition) is 9. The van der Waals surface area contributed by atoms with E-state index in [-0.39, 0.29) is 54.2 Å². The van der Waals surface area contributed by atoms with Crippen molar-refractivity contribution in [2.45, 2.75) is 92.7 Å². The minimum atomic E-state index is -2.22. The first-order valence-electron chi connectivity index (χ1n) is 29.3. The van der Waals surface area contributed by atoms with Crippen molar-refractivity contribution in [3.8, 4) is 11.1 Å². The molecule has 6 N–H and O–H groups in total. The molecule has 0 spiro atoms. The Balaban J connectivity index is 1.26. The molecule has 1 aliphatic rings. The van der Waals surface area contributed by atoms with Gasteiger partial charge >= 0.3 is 14.2 Å². The van der Waals surface area contributed by atoms with Crippen LogP contribution < -0.4 is 42.4 Å². The molecule has 0 unspecified atom stereocenters. The molecule has 8 aromatic carbocycles. The zero-order chi connectivity index (χ0) is 61.7. The largest absolute Gasteiger partial charge is 0.488 e. The maximum atomic E-state index is 16.1. The van der Waals surface area contributed by atoms with Crippen LogP contribution in [0.3, 0.4) is 0 Å². The minimum Gasteiger partial charge on any atom is -0.423 e. The van der Waals surface area contributed by atoms with Crippen molar-refractivity contribution < 1.29 is 42.9 Å². The van der Waals surface area contributed by atoms with Gasteiger partial charge in [-0.1, -0.05) is 111 Å². The summed E-state index contributed by atoms with van der Waals surface area (Å²) in [6, 6.07) is 40.3. The third-order valence-corrected chi connectivity index (χ3v) is 20.5. The van der Waals surface area contributed by atoms with Crippen LogP contribution in [0.5, 0.6) is 0 Å². The number of benzene rings is 8. The van der Waals surface area contributed by atoms with Gasteiger partial charge in [-0.25, -0.2) is 13.2 Å². The average Bonchev–Trinajstić information content (AvgIpc) is 0.789. The Morgan fingerprint density at radius 2 is 1.27 bits per heavy atom. The Hall–Kier alpha value is -7.66. The second-order valence-electron chi connectivity index (χ2n) is 23.4. The highest BCUT2D eigenvalue weighted by atomic mass is 28.3. The van der Waals surface area contributed by atoms with E-state index in [4.69, 9.17) is 0 Å². The number of nitrogens with zero attached hydrogens (tertiary/aromatic N) is 2. The van der Waals surface area contributed by atoms with Gasteiger partial charge in [0.2, 0.25) is 5.91 Å². The number of halogens is 3. The van der Waals surface area contributed by atoms with Gasteiger partial charge in [0.05, 0.1) is 0 Å². The van der Waals surface area contributed by atoms with Crippen molar-refractivity contribution in [1.82, 2.24) is 15.1 Å². The lowest BCUT2D eigenvalue weighted by molar-refractivity contribution is -0.117. The fraction of sp³-hybridized carbons (Fsp3) is 0.257. The standard InChI is InChI=1S/C70H75B2F3N4O6Si/c1-10-46-20-26-56-67(32-46)86(8,9)68-38-52(76-7)25-28-57(68)69(56)58-33-47(21-19-45(58)6)48-23-27-55-59(34-48)61(41-79(30-14-13-18-66(80)43(2)3)42-62-64(72(84)85)36-51(74)37-65(62)75)54-17-12-11-16-53(54)60(55)40-78(31-15-29-77-70(81)44(4)5)39-49-22-24-50(73)35-63(49)71(82)83/h10-12,16-17,19-28,32-38,76,82-85H,2,4,13-15,18,29-31,39-42H2,1,3,5-9H3,(H,77,81)/b46-10+. The smallest absolute Gasteiger partial charge is 0.423 e. The number of carbonyl (C=O) groups is 2. The third-order valence-electron chi connectivity index (χ3n) is 17.0. The summed E-state index contributed by atoms with van der Waals surface area (Å²) in [5, 5.41) is 57.1. The molecule has 0 fully saturated rings. The fourth-order valence-corrected chi connectivity index (χ4v) is 15.3. The van der Waals surface area contributed by atoms with E-state index in [2.05, 4.69) is 141 Å². The van der Waals surface area contributed by atoms with Crippen LogP contribution >= 0.6 is 0 Å². The highest BCUT2D eigenvalue weighted by molar-refractivity contribution is 7.01. The number of fused-ring (bicyclic) bond motifs is 4. The molecule has 8 aromatic rings.